The first-order valence-electron chi connectivity index (χ1n) is 6.70. The maximum Gasteiger partial charge on any atom is 0.0617 e. The van der Waals surface area contributed by atoms with E-state index in [1.54, 1.807) is 0 Å². The van der Waals surface area contributed by atoms with E-state index in [0.717, 1.165) is 35.7 Å². The first kappa shape index (κ1) is 13.7. The van der Waals surface area contributed by atoms with E-state index in [0.29, 0.717) is 18.1 Å². The molecule has 2 nitrogen and oxygen atoms in total. The van der Waals surface area contributed by atoms with Crippen molar-refractivity contribution in [1.82, 2.24) is 0 Å². The average molecular weight is 268 g/mol. The Morgan fingerprint density at radius 3 is 2.83 bits per heavy atom. The summed E-state index contributed by atoms with van der Waals surface area (Å²) in [5.74, 6) is 0.580. The molecule has 18 heavy (non-hydrogen) atoms. The minimum Gasteiger partial charge on any atom is -0.382 e. The zero-order valence-corrected chi connectivity index (χ0v) is 12.1. The van der Waals surface area contributed by atoms with E-state index in [1.165, 1.54) is 0 Å². The lowest BCUT2D eigenvalue weighted by Crippen LogP contribution is -2.36. The minimum absolute atomic E-state index is 0.372. The Morgan fingerprint density at radius 1 is 1.39 bits per heavy atom. The number of benzene rings is 1. The molecule has 0 aromatic heterocycles. The zero-order valence-electron chi connectivity index (χ0n) is 11.4. The molecule has 2 rings (SSSR count). The normalized spacial score (nSPS) is 24.3. The highest BCUT2D eigenvalue weighted by atomic mass is 35.5. The number of anilines is 1. The van der Waals surface area contributed by atoms with Crippen molar-refractivity contribution in [3.05, 3.63) is 28.8 Å². The molecule has 1 aliphatic rings. The molecule has 1 aromatic carbocycles. The summed E-state index contributed by atoms with van der Waals surface area (Å²) in [6.07, 6.45) is 2.51. The molecule has 3 heteroatoms. The van der Waals surface area contributed by atoms with Crippen LogP contribution in [0.2, 0.25) is 5.02 Å². The Morgan fingerprint density at radius 2 is 2.17 bits per heavy atom. The van der Waals surface area contributed by atoms with E-state index in [1.807, 2.05) is 13.0 Å². The third-order valence-electron chi connectivity index (χ3n) is 3.60. The van der Waals surface area contributed by atoms with Gasteiger partial charge in [0.05, 0.1) is 6.10 Å². The van der Waals surface area contributed by atoms with Gasteiger partial charge in [0, 0.05) is 23.4 Å². The highest BCUT2D eigenvalue weighted by molar-refractivity contribution is 6.31. The van der Waals surface area contributed by atoms with Crippen LogP contribution in [0.25, 0.3) is 0 Å². The summed E-state index contributed by atoms with van der Waals surface area (Å²) in [5.41, 5.74) is 2.23. The highest BCUT2D eigenvalue weighted by Gasteiger charge is 2.24. The lowest BCUT2D eigenvalue weighted by molar-refractivity contribution is -0.0160. The molecular weight excluding hydrogens is 246 g/mol. The fraction of sp³-hybridized carbons (Fsp3) is 0.600. The Balaban J connectivity index is 1.98. The molecule has 1 fully saturated rings. The van der Waals surface area contributed by atoms with E-state index in [9.17, 15) is 0 Å². The summed E-state index contributed by atoms with van der Waals surface area (Å²) >= 11 is 6.15. The summed E-state index contributed by atoms with van der Waals surface area (Å²) in [6.45, 7) is 7.31. The van der Waals surface area contributed by atoms with Crippen LogP contribution in [0.1, 0.15) is 32.3 Å². The van der Waals surface area contributed by atoms with Crippen molar-refractivity contribution in [2.75, 3.05) is 11.9 Å². The van der Waals surface area contributed by atoms with Gasteiger partial charge in [-0.15, -0.1) is 0 Å². The number of nitrogens with one attached hydrogen (secondary N) is 1. The minimum atomic E-state index is 0.372. The van der Waals surface area contributed by atoms with Crippen LogP contribution < -0.4 is 5.32 Å². The van der Waals surface area contributed by atoms with Crippen LogP contribution in [-0.4, -0.2) is 18.8 Å². The Bertz CT molecular complexity index is 405. The largest absolute Gasteiger partial charge is 0.382 e. The van der Waals surface area contributed by atoms with Crippen LogP contribution in [0, 0.1) is 12.8 Å². The average Bonchev–Trinajstić information content (AvgIpc) is 2.34. The van der Waals surface area contributed by atoms with E-state index in [2.05, 4.69) is 31.3 Å². The van der Waals surface area contributed by atoms with Crippen molar-refractivity contribution in [2.45, 2.75) is 45.8 Å². The third-order valence-corrected chi connectivity index (χ3v) is 4.01. The molecule has 1 aliphatic heterocycles. The standard InChI is InChI=1S/C15H22ClNO/c1-10(2)15-9-13(6-7-18-15)17-12-5-4-11(3)14(16)8-12/h4-5,8,10,13,15,17H,6-7,9H2,1-3H3. The van der Waals surface area contributed by atoms with E-state index >= 15 is 0 Å². The molecule has 1 N–H and O–H groups in total. The molecule has 0 bridgehead atoms. The monoisotopic (exact) mass is 267 g/mol. The molecule has 100 valence electrons. The van der Waals surface area contributed by atoms with Crippen LogP contribution in [0.4, 0.5) is 5.69 Å². The molecule has 0 saturated carbocycles. The zero-order chi connectivity index (χ0) is 13.1. The first-order valence-corrected chi connectivity index (χ1v) is 7.08. The first-order chi connectivity index (χ1) is 8.56. The Labute approximate surface area is 115 Å². The summed E-state index contributed by atoms with van der Waals surface area (Å²) in [6, 6.07) is 6.66. The number of hydrogen-bond donors (Lipinski definition) is 1. The summed E-state index contributed by atoms with van der Waals surface area (Å²) in [7, 11) is 0. The maximum atomic E-state index is 6.15. The molecule has 0 spiro atoms. The fourth-order valence-electron chi connectivity index (χ4n) is 2.34. The van der Waals surface area contributed by atoms with Crippen LogP contribution >= 0.6 is 11.6 Å². The lowest BCUT2D eigenvalue weighted by atomic mass is 9.95. The van der Waals surface area contributed by atoms with Gasteiger partial charge in [-0.2, -0.15) is 0 Å². The van der Waals surface area contributed by atoms with Gasteiger partial charge in [0.25, 0.3) is 0 Å². The molecule has 2 unspecified atom stereocenters. The van der Waals surface area contributed by atoms with Gasteiger partial charge >= 0.3 is 0 Å². The molecule has 1 aromatic rings. The van der Waals surface area contributed by atoms with Gasteiger partial charge in [-0.25, -0.2) is 0 Å². The predicted octanol–water partition coefficient (Wildman–Crippen LogP) is 4.26. The van der Waals surface area contributed by atoms with Gasteiger partial charge in [0.1, 0.15) is 0 Å². The number of halogens is 1. The second-order valence-electron chi connectivity index (χ2n) is 5.48. The van der Waals surface area contributed by atoms with E-state index in [4.69, 9.17) is 16.3 Å². The van der Waals surface area contributed by atoms with Crippen molar-refractivity contribution in [2.24, 2.45) is 5.92 Å². The number of hydrogen-bond acceptors (Lipinski definition) is 2. The van der Waals surface area contributed by atoms with Crippen molar-refractivity contribution >= 4 is 17.3 Å². The van der Waals surface area contributed by atoms with Crippen molar-refractivity contribution < 1.29 is 4.74 Å². The fourth-order valence-corrected chi connectivity index (χ4v) is 2.52. The van der Waals surface area contributed by atoms with Crippen LogP contribution in [0.15, 0.2) is 18.2 Å². The molecule has 0 radical (unpaired) electrons. The lowest BCUT2D eigenvalue weighted by Gasteiger charge is -2.33. The third kappa shape index (κ3) is 3.39. The van der Waals surface area contributed by atoms with Crippen LogP contribution in [0.5, 0.6) is 0 Å². The van der Waals surface area contributed by atoms with Gasteiger partial charge in [-0.3, -0.25) is 0 Å². The Kier molecular flexibility index (Phi) is 4.52. The smallest absolute Gasteiger partial charge is 0.0617 e. The van der Waals surface area contributed by atoms with Crippen LogP contribution in [0.3, 0.4) is 0 Å². The molecule has 1 saturated heterocycles. The van der Waals surface area contributed by atoms with Gasteiger partial charge in [0.2, 0.25) is 0 Å². The topological polar surface area (TPSA) is 21.3 Å². The summed E-state index contributed by atoms with van der Waals surface area (Å²) in [5, 5.41) is 4.40. The van der Waals surface area contributed by atoms with Gasteiger partial charge < -0.3 is 10.1 Å². The van der Waals surface area contributed by atoms with Gasteiger partial charge in [0.15, 0.2) is 0 Å². The molecule has 1 heterocycles. The quantitative estimate of drug-likeness (QED) is 0.883. The number of rotatable bonds is 3. The second kappa shape index (κ2) is 5.94. The summed E-state index contributed by atoms with van der Waals surface area (Å²) < 4.78 is 5.78. The second-order valence-corrected chi connectivity index (χ2v) is 5.89. The molecular formula is C15H22ClNO. The van der Waals surface area contributed by atoms with Gasteiger partial charge in [-0.05, 0) is 43.4 Å². The SMILES string of the molecule is Cc1ccc(NC2CCOC(C(C)C)C2)cc1Cl. The predicted molar refractivity (Wildman–Crippen MR) is 77.4 cm³/mol. The van der Waals surface area contributed by atoms with E-state index in [-0.39, 0.29) is 0 Å². The number of ether oxygens (including phenoxy) is 1. The highest BCUT2D eigenvalue weighted by Crippen LogP contribution is 2.25. The van der Waals surface area contributed by atoms with Gasteiger partial charge in [-0.1, -0.05) is 31.5 Å². The van der Waals surface area contributed by atoms with Crippen LogP contribution in [-0.2, 0) is 4.74 Å². The van der Waals surface area contributed by atoms with Crippen molar-refractivity contribution in [3.8, 4) is 0 Å². The maximum absolute atomic E-state index is 6.15. The summed E-state index contributed by atoms with van der Waals surface area (Å²) in [4.78, 5) is 0. The van der Waals surface area contributed by atoms with Crippen molar-refractivity contribution in [1.29, 1.82) is 0 Å². The Hall–Kier alpha value is -0.730. The molecule has 2 atom stereocenters. The molecule has 0 amide bonds. The van der Waals surface area contributed by atoms with Crippen molar-refractivity contribution in [3.63, 3.8) is 0 Å². The molecule has 0 aliphatic carbocycles. The van der Waals surface area contributed by atoms with E-state index < -0.39 is 0 Å². The number of aryl methyl sites for hydroxylation is 1.